The molecule has 1 heterocycles. The number of hydrogen-bond donors (Lipinski definition) is 1. The average Bonchev–Trinajstić information content (AvgIpc) is 2.16. The van der Waals surface area contributed by atoms with Crippen molar-refractivity contribution in [3.05, 3.63) is 0 Å². The maximum Gasteiger partial charge on any atom is 0.0597 e. The summed E-state index contributed by atoms with van der Waals surface area (Å²) < 4.78 is 5.65. The van der Waals surface area contributed by atoms with Crippen molar-refractivity contribution in [3.8, 4) is 0 Å². The van der Waals surface area contributed by atoms with Gasteiger partial charge in [0.1, 0.15) is 0 Å². The lowest BCUT2D eigenvalue weighted by molar-refractivity contribution is 0.0286. The maximum absolute atomic E-state index is 5.65. The van der Waals surface area contributed by atoms with Gasteiger partial charge in [0.25, 0.3) is 0 Å². The van der Waals surface area contributed by atoms with Crippen molar-refractivity contribution in [2.75, 3.05) is 26.2 Å². The van der Waals surface area contributed by atoms with E-state index in [1.165, 1.54) is 0 Å². The Hall–Kier alpha value is -0.120. The Labute approximate surface area is 101 Å². The monoisotopic (exact) mass is 228 g/mol. The number of rotatable bonds is 5. The second kappa shape index (κ2) is 6.58. The van der Waals surface area contributed by atoms with Gasteiger partial charge in [0.05, 0.1) is 12.7 Å². The minimum absolute atomic E-state index is 0.345. The van der Waals surface area contributed by atoms with Gasteiger partial charge in [-0.05, 0) is 26.7 Å². The van der Waals surface area contributed by atoms with Gasteiger partial charge >= 0.3 is 0 Å². The van der Waals surface area contributed by atoms with Crippen molar-refractivity contribution in [1.29, 1.82) is 0 Å². The lowest BCUT2D eigenvalue weighted by Gasteiger charge is -2.41. The van der Waals surface area contributed by atoms with Crippen LogP contribution in [0, 0.1) is 5.92 Å². The molecule has 1 fully saturated rings. The first-order valence-corrected chi connectivity index (χ1v) is 6.59. The fourth-order valence-corrected chi connectivity index (χ4v) is 2.32. The van der Waals surface area contributed by atoms with Crippen LogP contribution < -0.4 is 5.32 Å². The Kier molecular flexibility index (Phi) is 5.73. The molecule has 0 amide bonds. The Morgan fingerprint density at radius 2 is 2.00 bits per heavy atom. The lowest BCUT2D eigenvalue weighted by Crippen LogP contribution is -2.57. The second-order valence-corrected chi connectivity index (χ2v) is 5.54. The smallest absolute Gasteiger partial charge is 0.0597 e. The molecule has 0 aromatic heterocycles. The molecular formula is C13H28N2O. The molecule has 0 saturated carbocycles. The molecule has 1 saturated heterocycles. The molecule has 2 unspecified atom stereocenters. The predicted octanol–water partition coefficient (Wildman–Crippen LogP) is 1.73. The van der Waals surface area contributed by atoms with Crippen molar-refractivity contribution in [3.63, 3.8) is 0 Å². The van der Waals surface area contributed by atoms with E-state index < -0.39 is 0 Å². The molecule has 3 heteroatoms. The maximum atomic E-state index is 5.65. The highest BCUT2D eigenvalue weighted by Crippen LogP contribution is 2.14. The first kappa shape index (κ1) is 13.9. The van der Waals surface area contributed by atoms with Crippen LogP contribution in [-0.4, -0.2) is 49.3 Å². The molecule has 1 aliphatic rings. The van der Waals surface area contributed by atoms with Gasteiger partial charge in [0.2, 0.25) is 0 Å². The Balaban J connectivity index is 2.38. The summed E-state index contributed by atoms with van der Waals surface area (Å²) in [5.74, 6) is 0.707. The van der Waals surface area contributed by atoms with Crippen LogP contribution in [0.15, 0.2) is 0 Å². The molecule has 0 aromatic carbocycles. The first-order valence-electron chi connectivity index (χ1n) is 6.59. The van der Waals surface area contributed by atoms with Crippen molar-refractivity contribution < 1.29 is 4.74 Å². The zero-order chi connectivity index (χ0) is 12.1. The Morgan fingerprint density at radius 3 is 2.56 bits per heavy atom. The highest BCUT2D eigenvalue weighted by atomic mass is 16.5. The largest absolute Gasteiger partial charge is 0.377 e. The van der Waals surface area contributed by atoms with Crippen LogP contribution in [0.2, 0.25) is 0 Å². The minimum atomic E-state index is 0.345. The van der Waals surface area contributed by atoms with E-state index in [9.17, 15) is 0 Å². The molecule has 0 aliphatic carbocycles. The third-order valence-corrected chi connectivity index (χ3v) is 3.25. The van der Waals surface area contributed by atoms with Crippen LogP contribution in [0.4, 0.5) is 0 Å². The number of piperazine rings is 1. The van der Waals surface area contributed by atoms with Crippen molar-refractivity contribution in [1.82, 2.24) is 10.2 Å². The van der Waals surface area contributed by atoms with Crippen LogP contribution in [0.3, 0.4) is 0 Å². The fraction of sp³-hybridized carbons (Fsp3) is 1.00. The molecule has 1 N–H and O–H groups in total. The van der Waals surface area contributed by atoms with E-state index in [4.69, 9.17) is 4.74 Å². The standard InChI is InChI=1S/C13H28N2O/c1-10(2)13-8-14-12(5)9-15(13)6-7-16-11(3)4/h10-14H,6-9H2,1-5H3. The molecule has 0 bridgehead atoms. The van der Waals surface area contributed by atoms with E-state index in [0.29, 0.717) is 24.1 Å². The zero-order valence-electron chi connectivity index (χ0n) is 11.5. The summed E-state index contributed by atoms with van der Waals surface area (Å²) in [6.07, 6.45) is 0.345. The molecular weight excluding hydrogens is 200 g/mol. The quantitative estimate of drug-likeness (QED) is 0.775. The van der Waals surface area contributed by atoms with E-state index in [1.54, 1.807) is 0 Å². The van der Waals surface area contributed by atoms with Gasteiger partial charge in [-0.3, -0.25) is 4.90 Å². The van der Waals surface area contributed by atoms with Gasteiger partial charge in [-0.15, -0.1) is 0 Å². The van der Waals surface area contributed by atoms with Crippen LogP contribution in [-0.2, 0) is 4.74 Å². The summed E-state index contributed by atoms with van der Waals surface area (Å²) in [5, 5.41) is 3.56. The van der Waals surface area contributed by atoms with Gasteiger partial charge in [0.15, 0.2) is 0 Å². The van der Waals surface area contributed by atoms with Crippen molar-refractivity contribution >= 4 is 0 Å². The van der Waals surface area contributed by atoms with Crippen LogP contribution in [0.25, 0.3) is 0 Å². The highest BCUT2D eigenvalue weighted by Gasteiger charge is 2.27. The summed E-state index contributed by atoms with van der Waals surface area (Å²) in [6, 6.07) is 1.26. The van der Waals surface area contributed by atoms with Crippen LogP contribution >= 0.6 is 0 Å². The van der Waals surface area contributed by atoms with E-state index in [0.717, 1.165) is 26.2 Å². The Morgan fingerprint density at radius 1 is 1.31 bits per heavy atom. The lowest BCUT2D eigenvalue weighted by atomic mass is 9.99. The number of nitrogens with one attached hydrogen (secondary N) is 1. The molecule has 1 aliphatic heterocycles. The first-order chi connectivity index (χ1) is 7.50. The SMILES string of the molecule is CC1CN(CCOC(C)C)C(C(C)C)CN1. The Bertz CT molecular complexity index is 194. The fourth-order valence-electron chi connectivity index (χ4n) is 2.32. The van der Waals surface area contributed by atoms with Gasteiger partial charge in [-0.2, -0.15) is 0 Å². The molecule has 1 rings (SSSR count). The van der Waals surface area contributed by atoms with Crippen molar-refractivity contribution in [2.45, 2.75) is 52.8 Å². The number of ether oxygens (including phenoxy) is 1. The minimum Gasteiger partial charge on any atom is -0.377 e. The van der Waals surface area contributed by atoms with E-state index in [-0.39, 0.29) is 0 Å². The molecule has 16 heavy (non-hydrogen) atoms. The van der Waals surface area contributed by atoms with E-state index in [2.05, 4.69) is 44.8 Å². The normalized spacial score (nSPS) is 27.9. The van der Waals surface area contributed by atoms with Gasteiger partial charge in [0, 0.05) is 31.7 Å². The summed E-state index contributed by atoms with van der Waals surface area (Å²) in [5.41, 5.74) is 0. The predicted molar refractivity (Wildman–Crippen MR) is 68.8 cm³/mol. The summed E-state index contributed by atoms with van der Waals surface area (Å²) in [7, 11) is 0. The third-order valence-electron chi connectivity index (χ3n) is 3.25. The summed E-state index contributed by atoms with van der Waals surface area (Å²) >= 11 is 0. The molecule has 0 radical (unpaired) electrons. The van der Waals surface area contributed by atoms with Gasteiger partial charge < -0.3 is 10.1 Å². The molecule has 96 valence electrons. The summed E-state index contributed by atoms with van der Waals surface area (Å²) in [6.45, 7) is 15.2. The third kappa shape index (κ3) is 4.40. The summed E-state index contributed by atoms with van der Waals surface area (Å²) in [4.78, 5) is 2.58. The van der Waals surface area contributed by atoms with E-state index in [1.807, 2.05) is 0 Å². The zero-order valence-corrected chi connectivity index (χ0v) is 11.5. The number of hydrogen-bond acceptors (Lipinski definition) is 3. The van der Waals surface area contributed by atoms with Crippen LogP contribution in [0.1, 0.15) is 34.6 Å². The van der Waals surface area contributed by atoms with E-state index >= 15 is 0 Å². The number of nitrogens with zero attached hydrogens (tertiary/aromatic N) is 1. The highest BCUT2D eigenvalue weighted by molar-refractivity contribution is 4.85. The van der Waals surface area contributed by atoms with Crippen molar-refractivity contribution in [2.24, 2.45) is 5.92 Å². The average molecular weight is 228 g/mol. The molecule has 3 nitrogen and oxygen atoms in total. The van der Waals surface area contributed by atoms with Crippen LogP contribution in [0.5, 0.6) is 0 Å². The van der Waals surface area contributed by atoms with Gasteiger partial charge in [-0.25, -0.2) is 0 Å². The molecule has 0 aromatic rings. The molecule has 2 atom stereocenters. The molecule has 0 spiro atoms. The second-order valence-electron chi connectivity index (χ2n) is 5.54. The van der Waals surface area contributed by atoms with Gasteiger partial charge in [-0.1, -0.05) is 13.8 Å². The topological polar surface area (TPSA) is 24.5 Å².